The Morgan fingerprint density at radius 2 is 2.25 bits per heavy atom. The Morgan fingerprint density at radius 1 is 1.45 bits per heavy atom. The third kappa shape index (κ3) is 3.45. The summed E-state index contributed by atoms with van der Waals surface area (Å²) in [5, 5.41) is 4.02. The highest BCUT2D eigenvalue weighted by atomic mass is 35.5. The van der Waals surface area contributed by atoms with Crippen molar-refractivity contribution in [3.63, 3.8) is 0 Å². The number of nitrogens with two attached hydrogens (primary N) is 1. The van der Waals surface area contributed by atoms with Gasteiger partial charge >= 0.3 is 0 Å². The molecule has 2 rings (SSSR count). The summed E-state index contributed by atoms with van der Waals surface area (Å²) in [6.45, 7) is 2.21. The molecule has 1 fully saturated rings. The van der Waals surface area contributed by atoms with E-state index in [1.165, 1.54) is 12.8 Å². The number of hydrogen-bond donors (Lipinski definition) is 2. The molecule has 0 saturated heterocycles. The Bertz CT molecular complexity index is 477. The van der Waals surface area contributed by atoms with Gasteiger partial charge in [0.05, 0.1) is 0 Å². The second-order valence-corrected chi connectivity index (χ2v) is 6.22. The van der Waals surface area contributed by atoms with Gasteiger partial charge in [-0.3, -0.25) is 4.79 Å². The maximum Gasteiger partial charge on any atom is 0.243 e. The van der Waals surface area contributed by atoms with Crippen LogP contribution in [0.3, 0.4) is 0 Å². The number of amides is 1. The van der Waals surface area contributed by atoms with Crippen LogP contribution in [0.15, 0.2) is 24.3 Å². The summed E-state index contributed by atoms with van der Waals surface area (Å²) in [6, 6.07) is 7.47. The molecular weight excluding hydrogens is 272 g/mol. The molecule has 0 radical (unpaired) electrons. The number of benzene rings is 1. The van der Waals surface area contributed by atoms with Crippen molar-refractivity contribution in [2.45, 2.75) is 51.0 Å². The monoisotopic (exact) mass is 294 g/mol. The summed E-state index contributed by atoms with van der Waals surface area (Å²) in [5.74, 6) is 0.451. The van der Waals surface area contributed by atoms with Crippen molar-refractivity contribution in [1.82, 2.24) is 0 Å². The standard InChI is InChI=1S/C16H23ClN2O/c1-2-12-5-4-9-16(10-8-12,15(18)20)19-14-7-3-6-13(17)11-14/h3,6-7,11-12,19H,2,4-5,8-10H2,1H3,(H2,18,20). The van der Waals surface area contributed by atoms with Gasteiger partial charge in [-0.25, -0.2) is 0 Å². The van der Waals surface area contributed by atoms with Crippen molar-refractivity contribution in [2.75, 3.05) is 5.32 Å². The predicted molar refractivity (Wildman–Crippen MR) is 83.9 cm³/mol. The Labute approximate surface area is 125 Å². The minimum Gasteiger partial charge on any atom is -0.371 e. The molecule has 0 spiro atoms. The normalized spacial score (nSPS) is 26.8. The highest BCUT2D eigenvalue weighted by molar-refractivity contribution is 6.30. The van der Waals surface area contributed by atoms with E-state index in [1.54, 1.807) is 0 Å². The third-order valence-electron chi connectivity index (χ3n) is 4.45. The van der Waals surface area contributed by atoms with Crippen LogP contribution in [-0.4, -0.2) is 11.4 Å². The van der Waals surface area contributed by atoms with Gasteiger partial charge in [0.2, 0.25) is 5.91 Å². The minimum atomic E-state index is -0.630. The lowest BCUT2D eigenvalue weighted by atomic mass is 9.88. The highest BCUT2D eigenvalue weighted by Gasteiger charge is 2.38. The number of carbonyl (C=O) groups is 1. The van der Waals surface area contributed by atoms with Crippen LogP contribution in [0.4, 0.5) is 5.69 Å². The molecule has 0 bridgehead atoms. The zero-order valence-electron chi connectivity index (χ0n) is 12.0. The highest BCUT2D eigenvalue weighted by Crippen LogP contribution is 2.34. The minimum absolute atomic E-state index is 0.255. The number of nitrogens with one attached hydrogen (secondary N) is 1. The van der Waals surface area contributed by atoms with Gasteiger partial charge in [-0.05, 0) is 43.4 Å². The van der Waals surface area contributed by atoms with Crippen molar-refractivity contribution in [1.29, 1.82) is 0 Å². The van der Waals surface area contributed by atoms with Gasteiger partial charge in [-0.15, -0.1) is 0 Å². The molecule has 1 aromatic carbocycles. The predicted octanol–water partition coefficient (Wildman–Crippen LogP) is 3.97. The molecule has 1 saturated carbocycles. The maximum atomic E-state index is 12.0. The number of rotatable bonds is 4. The van der Waals surface area contributed by atoms with Gasteiger partial charge in [0.1, 0.15) is 5.54 Å². The zero-order chi connectivity index (χ0) is 14.6. The van der Waals surface area contributed by atoms with Gasteiger partial charge in [-0.1, -0.05) is 43.9 Å². The van der Waals surface area contributed by atoms with E-state index in [9.17, 15) is 4.79 Å². The van der Waals surface area contributed by atoms with Crippen LogP contribution in [0.1, 0.15) is 45.4 Å². The first-order valence-corrected chi connectivity index (χ1v) is 7.77. The molecule has 20 heavy (non-hydrogen) atoms. The largest absolute Gasteiger partial charge is 0.371 e. The zero-order valence-corrected chi connectivity index (χ0v) is 12.7. The molecule has 4 heteroatoms. The first-order valence-electron chi connectivity index (χ1n) is 7.39. The number of hydrogen-bond acceptors (Lipinski definition) is 2. The van der Waals surface area contributed by atoms with Crippen LogP contribution in [0.5, 0.6) is 0 Å². The third-order valence-corrected chi connectivity index (χ3v) is 4.69. The lowest BCUT2D eigenvalue weighted by Gasteiger charge is -2.32. The van der Waals surface area contributed by atoms with Crippen molar-refractivity contribution >= 4 is 23.2 Å². The lowest BCUT2D eigenvalue weighted by Crippen LogP contribution is -2.50. The molecular formula is C16H23ClN2O. The second kappa shape index (κ2) is 6.49. The molecule has 3 nitrogen and oxygen atoms in total. The number of halogens is 1. The first-order chi connectivity index (χ1) is 9.55. The smallest absolute Gasteiger partial charge is 0.243 e. The van der Waals surface area contributed by atoms with Crippen LogP contribution in [0.2, 0.25) is 5.02 Å². The second-order valence-electron chi connectivity index (χ2n) is 5.79. The van der Waals surface area contributed by atoms with E-state index in [1.807, 2.05) is 24.3 Å². The van der Waals surface area contributed by atoms with Gasteiger partial charge in [0.25, 0.3) is 0 Å². The van der Waals surface area contributed by atoms with E-state index in [0.717, 1.165) is 31.4 Å². The van der Waals surface area contributed by atoms with E-state index >= 15 is 0 Å². The van der Waals surface area contributed by atoms with Crippen molar-refractivity contribution < 1.29 is 4.79 Å². The molecule has 1 aliphatic rings. The Morgan fingerprint density at radius 3 is 2.90 bits per heavy atom. The molecule has 110 valence electrons. The Kier molecular flexibility index (Phi) is 4.92. The molecule has 2 atom stereocenters. The van der Waals surface area contributed by atoms with E-state index in [4.69, 9.17) is 17.3 Å². The van der Waals surface area contributed by atoms with Gasteiger partial charge in [0.15, 0.2) is 0 Å². The summed E-state index contributed by atoms with van der Waals surface area (Å²) in [6.07, 6.45) is 6.04. The molecule has 3 N–H and O–H groups in total. The number of carbonyl (C=O) groups excluding carboxylic acids is 1. The molecule has 1 aliphatic carbocycles. The fourth-order valence-electron chi connectivity index (χ4n) is 3.10. The summed E-state index contributed by atoms with van der Waals surface area (Å²) < 4.78 is 0. The summed E-state index contributed by atoms with van der Waals surface area (Å²) in [7, 11) is 0. The lowest BCUT2D eigenvalue weighted by molar-refractivity contribution is -0.122. The van der Waals surface area contributed by atoms with Crippen molar-refractivity contribution in [3.05, 3.63) is 29.3 Å². The van der Waals surface area contributed by atoms with Gasteiger partial charge in [-0.2, -0.15) is 0 Å². The average Bonchev–Trinajstić information content (AvgIpc) is 2.62. The molecule has 0 heterocycles. The Hall–Kier alpha value is -1.22. The van der Waals surface area contributed by atoms with E-state index in [2.05, 4.69) is 12.2 Å². The summed E-state index contributed by atoms with van der Waals surface area (Å²) in [4.78, 5) is 12.0. The Balaban J connectivity index is 2.19. The topological polar surface area (TPSA) is 55.1 Å². The van der Waals surface area contributed by atoms with Crippen LogP contribution >= 0.6 is 11.6 Å². The summed E-state index contributed by atoms with van der Waals surface area (Å²) in [5.41, 5.74) is 5.95. The van der Waals surface area contributed by atoms with Gasteiger partial charge < -0.3 is 11.1 Å². The van der Waals surface area contributed by atoms with E-state index in [-0.39, 0.29) is 5.91 Å². The SMILES string of the molecule is CCC1CCCC(Nc2cccc(Cl)c2)(C(N)=O)CC1. The number of primary amides is 1. The van der Waals surface area contributed by atoms with Crippen LogP contribution in [0, 0.1) is 5.92 Å². The molecule has 1 aromatic rings. The maximum absolute atomic E-state index is 12.0. The molecule has 0 aromatic heterocycles. The van der Waals surface area contributed by atoms with Crippen LogP contribution in [0.25, 0.3) is 0 Å². The fraction of sp³-hybridized carbons (Fsp3) is 0.562. The van der Waals surface area contributed by atoms with Crippen molar-refractivity contribution in [3.8, 4) is 0 Å². The molecule has 2 unspecified atom stereocenters. The summed E-state index contributed by atoms with van der Waals surface area (Å²) >= 11 is 6.01. The molecule has 0 aliphatic heterocycles. The van der Waals surface area contributed by atoms with E-state index in [0.29, 0.717) is 10.9 Å². The first kappa shape index (κ1) is 15.2. The van der Waals surface area contributed by atoms with Gasteiger partial charge in [0, 0.05) is 10.7 Å². The van der Waals surface area contributed by atoms with E-state index < -0.39 is 5.54 Å². The van der Waals surface area contributed by atoms with Crippen molar-refractivity contribution in [2.24, 2.45) is 11.7 Å². The van der Waals surface area contributed by atoms with Crippen LogP contribution in [-0.2, 0) is 4.79 Å². The fourth-order valence-corrected chi connectivity index (χ4v) is 3.29. The van der Waals surface area contributed by atoms with Crippen LogP contribution < -0.4 is 11.1 Å². The average molecular weight is 295 g/mol. The number of anilines is 1. The molecule has 1 amide bonds. The quantitative estimate of drug-likeness (QED) is 0.826.